The summed E-state index contributed by atoms with van der Waals surface area (Å²) in [6, 6.07) is 7.69. The number of halogens is 5. The minimum Gasteiger partial charge on any atom is -0.351 e. The number of anilines is 2. The Labute approximate surface area is 248 Å². The van der Waals surface area contributed by atoms with Crippen LogP contribution in [-0.2, 0) is 14.4 Å². The van der Waals surface area contributed by atoms with Gasteiger partial charge in [-0.2, -0.15) is 5.26 Å². The molecule has 222 valence electrons. The van der Waals surface area contributed by atoms with E-state index >= 15 is 0 Å². The second-order valence-corrected chi connectivity index (χ2v) is 10.9. The van der Waals surface area contributed by atoms with Gasteiger partial charge in [-0.05, 0) is 54.8 Å². The highest BCUT2D eigenvalue weighted by atomic mass is 35.5. The number of pyridine rings is 1. The average molecular weight is 614 g/mol. The first-order valence-electron chi connectivity index (χ1n) is 13.3. The van der Waals surface area contributed by atoms with Crippen molar-refractivity contribution in [2.45, 2.75) is 56.7 Å². The standard InChI is InChI=1S/C30H24ClF4N5O3/c1-16-22(3-2-4-23(16)31)27(28(42)38-20-13-30(34,35)14-20)39(21-11-18(32)10-19(33)12-21)29(43)24-5-6-26(41)40(24)25-9-17(15-36)7-8-37-25/h2-4,7-12,20,24,27H,5-6,13-14H2,1H3,(H,38,42)/t24-,27?/m0/s1. The number of nitrogens with zero attached hydrogens (tertiary/aromatic N) is 4. The van der Waals surface area contributed by atoms with Gasteiger partial charge in [0.2, 0.25) is 11.8 Å². The summed E-state index contributed by atoms with van der Waals surface area (Å²) in [5.74, 6) is -7.32. The monoisotopic (exact) mass is 613 g/mol. The number of nitrogens with one attached hydrogen (secondary N) is 1. The van der Waals surface area contributed by atoms with Crippen molar-refractivity contribution in [3.8, 4) is 6.07 Å². The Morgan fingerprint density at radius 3 is 2.51 bits per heavy atom. The zero-order valence-corrected chi connectivity index (χ0v) is 23.4. The van der Waals surface area contributed by atoms with E-state index in [-0.39, 0.29) is 40.5 Å². The van der Waals surface area contributed by atoms with Gasteiger partial charge >= 0.3 is 0 Å². The number of hydrogen-bond donors (Lipinski definition) is 1. The highest BCUT2D eigenvalue weighted by Gasteiger charge is 2.48. The molecular weight excluding hydrogens is 590 g/mol. The van der Waals surface area contributed by atoms with Crippen LogP contribution in [0.4, 0.5) is 29.1 Å². The fourth-order valence-corrected chi connectivity index (χ4v) is 5.61. The van der Waals surface area contributed by atoms with Crippen molar-refractivity contribution < 1.29 is 31.9 Å². The molecule has 8 nitrogen and oxygen atoms in total. The zero-order chi connectivity index (χ0) is 31.1. The molecule has 1 aromatic heterocycles. The number of carbonyl (C=O) groups is 3. The zero-order valence-electron chi connectivity index (χ0n) is 22.7. The van der Waals surface area contributed by atoms with Crippen LogP contribution < -0.4 is 15.1 Å². The van der Waals surface area contributed by atoms with Gasteiger partial charge in [0.05, 0.1) is 17.3 Å². The van der Waals surface area contributed by atoms with Crippen molar-refractivity contribution in [2.24, 2.45) is 0 Å². The number of carbonyl (C=O) groups excluding carboxylic acids is 3. The fraction of sp³-hybridized carbons (Fsp3) is 0.300. The number of hydrogen-bond acceptors (Lipinski definition) is 5. The largest absolute Gasteiger partial charge is 0.351 e. The topological polar surface area (TPSA) is 106 Å². The number of amides is 3. The van der Waals surface area contributed by atoms with Crippen molar-refractivity contribution in [3.05, 3.63) is 88.1 Å². The van der Waals surface area contributed by atoms with Gasteiger partial charge in [0.15, 0.2) is 0 Å². The highest BCUT2D eigenvalue weighted by molar-refractivity contribution is 6.31. The molecule has 5 rings (SSSR count). The van der Waals surface area contributed by atoms with Gasteiger partial charge < -0.3 is 5.32 Å². The normalized spacial score (nSPS) is 18.5. The molecule has 2 atom stereocenters. The molecule has 1 unspecified atom stereocenters. The van der Waals surface area contributed by atoms with Crippen LogP contribution in [0.5, 0.6) is 0 Å². The Morgan fingerprint density at radius 1 is 1.16 bits per heavy atom. The molecule has 1 saturated carbocycles. The molecular formula is C30H24ClF4N5O3. The summed E-state index contributed by atoms with van der Waals surface area (Å²) in [5, 5.41) is 12.1. The third kappa shape index (κ3) is 6.03. The molecule has 1 aliphatic heterocycles. The molecule has 0 spiro atoms. The van der Waals surface area contributed by atoms with Gasteiger partial charge in [-0.3, -0.25) is 24.2 Å². The number of aromatic nitrogens is 1. The van der Waals surface area contributed by atoms with E-state index in [2.05, 4.69) is 10.3 Å². The Hall–Kier alpha value is -4.50. The first kappa shape index (κ1) is 30.0. The van der Waals surface area contributed by atoms with E-state index in [1.54, 1.807) is 13.0 Å². The first-order chi connectivity index (χ1) is 20.4. The SMILES string of the molecule is Cc1c(Cl)cccc1C(C(=O)NC1CC(F)(F)C1)N(C(=O)[C@@H]1CCC(=O)N1c1cc(C#N)ccn1)c1cc(F)cc(F)c1. The maximum absolute atomic E-state index is 14.6. The summed E-state index contributed by atoms with van der Waals surface area (Å²) in [6.45, 7) is 1.58. The van der Waals surface area contributed by atoms with E-state index in [1.807, 2.05) is 6.07 Å². The molecule has 2 aromatic carbocycles. The molecule has 1 N–H and O–H groups in total. The van der Waals surface area contributed by atoms with Crippen LogP contribution in [0.1, 0.15) is 48.4 Å². The van der Waals surface area contributed by atoms with Crippen molar-refractivity contribution in [3.63, 3.8) is 0 Å². The average Bonchev–Trinajstić information content (AvgIpc) is 3.32. The van der Waals surface area contributed by atoms with Crippen LogP contribution in [-0.4, -0.2) is 40.7 Å². The maximum Gasteiger partial charge on any atom is 0.252 e. The lowest BCUT2D eigenvalue weighted by Gasteiger charge is -2.39. The van der Waals surface area contributed by atoms with E-state index in [1.165, 1.54) is 30.5 Å². The molecule has 2 fully saturated rings. The summed E-state index contributed by atoms with van der Waals surface area (Å²) in [7, 11) is 0. The predicted octanol–water partition coefficient (Wildman–Crippen LogP) is 5.38. The van der Waals surface area contributed by atoms with Crippen LogP contribution in [0.2, 0.25) is 5.02 Å². The van der Waals surface area contributed by atoms with Crippen LogP contribution >= 0.6 is 11.6 Å². The fourth-order valence-electron chi connectivity index (χ4n) is 5.43. The lowest BCUT2D eigenvalue weighted by molar-refractivity contribution is -0.133. The van der Waals surface area contributed by atoms with E-state index in [0.717, 1.165) is 21.9 Å². The van der Waals surface area contributed by atoms with E-state index in [0.29, 0.717) is 11.6 Å². The summed E-state index contributed by atoms with van der Waals surface area (Å²) >= 11 is 6.36. The Morgan fingerprint density at radius 2 is 1.86 bits per heavy atom. The van der Waals surface area contributed by atoms with Crippen LogP contribution in [0.25, 0.3) is 0 Å². The van der Waals surface area contributed by atoms with Gasteiger partial charge in [0, 0.05) is 42.6 Å². The second kappa shape index (κ2) is 11.6. The number of alkyl halides is 2. The predicted molar refractivity (Wildman–Crippen MR) is 148 cm³/mol. The minimum atomic E-state index is -2.96. The molecule has 0 radical (unpaired) electrons. The summed E-state index contributed by atoms with van der Waals surface area (Å²) in [4.78, 5) is 47.5. The molecule has 2 aliphatic rings. The van der Waals surface area contributed by atoms with Gasteiger partial charge in [-0.1, -0.05) is 23.7 Å². The summed E-state index contributed by atoms with van der Waals surface area (Å²) in [6.07, 6.45) is -0.0735. The van der Waals surface area contributed by atoms with E-state index in [4.69, 9.17) is 11.6 Å². The maximum atomic E-state index is 14.6. The van der Waals surface area contributed by atoms with Crippen molar-refractivity contribution in [2.75, 3.05) is 9.80 Å². The van der Waals surface area contributed by atoms with E-state index < -0.39 is 66.2 Å². The van der Waals surface area contributed by atoms with Crippen LogP contribution in [0, 0.1) is 29.9 Å². The summed E-state index contributed by atoms with van der Waals surface area (Å²) < 4.78 is 56.5. The number of nitriles is 1. The van der Waals surface area contributed by atoms with E-state index in [9.17, 15) is 37.2 Å². The third-order valence-electron chi connectivity index (χ3n) is 7.53. The van der Waals surface area contributed by atoms with Crippen LogP contribution in [0.3, 0.4) is 0 Å². The quantitative estimate of drug-likeness (QED) is 0.360. The molecule has 3 amide bonds. The molecule has 43 heavy (non-hydrogen) atoms. The minimum absolute atomic E-state index is 0.00177. The molecule has 0 bridgehead atoms. The lowest BCUT2D eigenvalue weighted by Crippen LogP contribution is -2.56. The Bertz CT molecular complexity index is 1630. The van der Waals surface area contributed by atoms with Crippen LogP contribution in [0.15, 0.2) is 54.7 Å². The molecule has 13 heteroatoms. The number of rotatable bonds is 7. The van der Waals surface area contributed by atoms with Crippen molar-refractivity contribution in [1.82, 2.24) is 10.3 Å². The van der Waals surface area contributed by atoms with Crippen molar-refractivity contribution >= 4 is 40.8 Å². The molecule has 3 aromatic rings. The van der Waals surface area contributed by atoms with Gasteiger partial charge in [0.25, 0.3) is 11.8 Å². The molecule has 2 heterocycles. The van der Waals surface area contributed by atoms with Gasteiger partial charge in [-0.15, -0.1) is 0 Å². The smallest absolute Gasteiger partial charge is 0.252 e. The third-order valence-corrected chi connectivity index (χ3v) is 7.94. The second-order valence-electron chi connectivity index (χ2n) is 10.5. The summed E-state index contributed by atoms with van der Waals surface area (Å²) in [5.41, 5.74) is 0.360. The first-order valence-corrected chi connectivity index (χ1v) is 13.7. The van der Waals surface area contributed by atoms with Gasteiger partial charge in [-0.25, -0.2) is 22.5 Å². The highest BCUT2D eigenvalue weighted by Crippen LogP contribution is 2.40. The van der Waals surface area contributed by atoms with Crippen molar-refractivity contribution in [1.29, 1.82) is 5.26 Å². The molecule has 1 aliphatic carbocycles. The lowest BCUT2D eigenvalue weighted by atomic mass is 9.87. The molecule has 1 saturated heterocycles. The van der Waals surface area contributed by atoms with Gasteiger partial charge in [0.1, 0.15) is 29.5 Å². The Kier molecular flexibility index (Phi) is 8.12. The Balaban J connectivity index is 1.65. The number of benzene rings is 2.